The summed E-state index contributed by atoms with van der Waals surface area (Å²) in [6, 6.07) is 8.85. The summed E-state index contributed by atoms with van der Waals surface area (Å²) in [5.74, 6) is 0. The van der Waals surface area contributed by atoms with Crippen molar-refractivity contribution in [3.8, 4) is 11.4 Å². The molecule has 3 aromatic rings. The van der Waals surface area contributed by atoms with Gasteiger partial charge in [-0.1, -0.05) is 6.07 Å². The van der Waals surface area contributed by atoms with Crippen LogP contribution in [0.1, 0.15) is 5.01 Å². The summed E-state index contributed by atoms with van der Waals surface area (Å²) in [6.07, 6.45) is 4.18. The molecule has 0 saturated heterocycles. The van der Waals surface area contributed by atoms with E-state index in [1.54, 1.807) is 29.8 Å². The molecule has 0 amide bonds. The predicted molar refractivity (Wildman–Crippen MR) is 77.5 cm³/mol. The molecule has 0 aliphatic heterocycles. The minimum atomic E-state index is -0.110. The summed E-state index contributed by atoms with van der Waals surface area (Å²) in [6.45, 7) is 0.521. The molecule has 0 unspecified atom stereocenters. The zero-order valence-corrected chi connectivity index (χ0v) is 11.5. The van der Waals surface area contributed by atoms with E-state index in [0.29, 0.717) is 18.7 Å². The average molecular weight is 284 g/mol. The lowest BCUT2D eigenvalue weighted by Crippen LogP contribution is -2.23. The van der Waals surface area contributed by atoms with Crippen LogP contribution < -0.4 is 5.56 Å². The standard InChI is InChI=1S/C14H12N4OS/c19-14-5-4-12(11-3-1-2-7-15-11)17-18(14)9-6-13-16-8-10-20-13/h1-5,7-8,10H,6,9H2. The molecule has 0 aliphatic rings. The van der Waals surface area contributed by atoms with Crippen molar-refractivity contribution in [3.05, 3.63) is 63.5 Å². The summed E-state index contributed by atoms with van der Waals surface area (Å²) in [4.78, 5) is 20.3. The Hall–Kier alpha value is -2.34. The smallest absolute Gasteiger partial charge is 0.266 e. The van der Waals surface area contributed by atoms with Crippen LogP contribution in [-0.4, -0.2) is 19.7 Å². The van der Waals surface area contributed by atoms with Gasteiger partial charge in [0.1, 0.15) is 5.69 Å². The highest BCUT2D eigenvalue weighted by molar-refractivity contribution is 7.09. The van der Waals surface area contributed by atoms with Gasteiger partial charge in [-0.25, -0.2) is 9.67 Å². The number of hydrogen-bond donors (Lipinski definition) is 0. The Kier molecular flexibility index (Phi) is 3.64. The number of hydrogen-bond acceptors (Lipinski definition) is 5. The van der Waals surface area contributed by atoms with Crippen LogP contribution in [-0.2, 0) is 13.0 Å². The van der Waals surface area contributed by atoms with Gasteiger partial charge in [0.15, 0.2) is 0 Å². The third-order valence-electron chi connectivity index (χ3n) is 2.81. The van der Waals surface area contributed by atoms with Gasteiger partial charge in [-0.05, 0) is 18.2 Å². The number of thiazole rings is 1. The molecule has 3 heterocycles. The van der Waals surface area contributed by atoms with Crippen LogP contribution >= 0.6 is 11.3 Å². The van der Waals surface area contributed by atoms with Crippen molar-refractivity contribution in [2.75, 3.05) is 0 Å². The molecule has 0 spiro atoms. The summed E-state index contributed by atoms with van der Waals surface area (Å²) in [5.41, 5.74) is 1.35. The van der Waals surface area contributed by atoms with Gasteiger partial charge < -0.3 is 0 Å². The Morgan fingerprint density at radius 3 is 2.75 bits per heavy atom. The predicted octanol–water partition coefficient (Wildman–Crippen LogP) is 2.00. The van der Waals surface area contributed by atoms with E-state index in [4.69, 9.17) is 0 Å². The number of aryl methyl sites for hydroxylation is 2. The van der Waals surface area contributed by atoms with Crippen molar-refractivity contribution in [2.45, 2.75) is 13.0 Å². The average Bonchev–Trinajstić information content (AvgIpc) is 3.01. The van der Waals surface area contributed by atoms with E-state index >= 15 is 0 Å². The molecule has 0 fully saturated rings. The number of pyridine rings is 1. The first-order valence-electron chi connectivity index (χ1n) is 6.21. The summed E-state index contributed by atoms with van der Waals surface area (Å²) < 4.78 is 1.46. The molecule has 0 aliphatic carbocycles. The second kappa shape index (κ2) is 5.75. The molecule has 20 heavy (non-hydrogen) atoms. The van der Waals surface area contributed by atoms with Gasteiger partial charge in [0.25, 0.3) is 5.56 Å². The van der Waals surface area contributed by atoms with Crippen molar-refractivity contribution < 1.29 is 0 Å². The zero-order chi connectivity index (χ0) is 13.8. The molecule has 0 saturated carbocycles. The third-order valence-corrected chi connectivity index (χ3v) is 3.65. The van der Waals surface area contributed by atoms with Crippen LogP contribution in [0.4, 0.5) is 0 Å². The van der Waals surface area contributed by atoms with Gasteiger partial charge in [0, 0.05) is 30.3 Å². The topological polar surface area (TPSA) is 60.7 Å². The Bertz CT molecular complexity index is 737. The van der Waals surface area contributed by atoms with E-state index in [9.17, 15) is 4.79 Å². The number of rotatable bonds is 4. The summed E-state index contributed by atoms with van der Waals surface area (Å²) in [7, 11) is 0. The summed E-state index contributed by atoms with van der Waals surface area (Å²) in [5, 5.41) is 7.29. The first-order chi connectivity index (χ1) is 9.83. The quantitative estimate of drug-likeness (QED) is 0.735. The molecule has 5 nitrogen and oxygen atoms in total. The van der Waals surface area contributed by atoms with Crippen LogP contribution in [0.15, 0.2) is 52.9 Å². The van der Waals surface area contributed by atoms with Gasteiger partial charge in [-0.2, -0.15) is 5.10 Å². The van der Waals surface area contributed by atoms with Crippen molar-refractivity contribution in [1.82, 2.24) is 19.7 Å². The Labute approximate surface area is 119 Å². The minimum Gasteiger partial charge on any atom is -0.268 e. The maximum Gasteiger partial charge on any atom is 0.266 e. The van der Waals surface area contributed by atoms with E-state index in [1.165, 1.54) is 10.7 Å². The maximum atomic E-state index is 11.8. The van der Waals surface area contributed by atoms with Gasteiger partial charge in [0.05, 0.1) is 17.2 Å². The molecule has 3 rings (SSSR count). The Balaban J connectivity index is 1.85. The molecule has 0 radical (unpaired) electrons. The van der Waals surface area contributed by atoms with Gasteiger partial charge in [0.2, 0.25) is 0 Å². The molecular weight excluding hydrogens is 272 g/mol. The lowest BCUT2D eigenvalue weighted by Gasteiger charge is -2.05. The van der Waals surface area contributed by atoms with E-state index in [1.807, 2.05) is 23.6 Å². The minimum absolute atomic E-state index is 0.110. The molecule has 100 valence electrons. The molecule has 3 aromatic heterocycles. The van der Waals surface area contributed by atoms with E-state index in [-0.39, 0.29) is 5.56 Å². The highest BCUT2D eigenvalue weighted by Gasteiger charge is 2.05. The SMILES string of the molecule is O=c1ccc(-c2ccccn2)nn1CCc1nccs1. The maximum absolute atomic E-state index is 11.8. The second-order valence-electron chi connectivity index (χ2n) is 4.17. The molecule has 0 atom stereocenters. The van der Waals surface area contributed by atoms with Crippen LogP contribution in [0.25, 0.3) is 11.4 Å². The highest BCUT2D eigenvalue weighted by Crippen LogP contribution is 2.11. The van der Waals surface area contributed by atoms with Crippen molar-refractivity contribution in [3.63, 3.8) is 0 Å². The van der Waals surface area contributed by atoms with Gasteiger partial charge in [-0.15, -0.1) is 11.3 Å². The van der Waals surface area contributed by atoms with Crippen molar-refractivity contribution in [1.29, 1.82) is 0 Å². The largest absolute Gasteiger partial charge is 0.268 e. The van der Waals surface area contributed by atoms with Crippen molar-refractivity contribution in [2.24, 2.45) is 0 Å². The molecule has 0 N–H and O–H groups in total. The first-order valence-corrected chi connectivity index (χ1v) is 7.09. The van der Waals surface area contributed by atoms with E-state index < -0.39 is 0 Å². The zero-order valence-electron chi connectivity index (χ0n) is 10.6. The van der Waals surface area contributed by atoms with Crippen LogP contribution in [0.3, 0.4) is 0 Å². The lowest BCUT2D eigenvalue weighted by atomic mass is 10.2. The Morgan fingerprint density at radius 2 is 2.00 bits per heavy atom. The van der Waals surface area contributed by atoms with E-state index in [2.05, 4.69) is 15.1 Å². The monoisotopic (exact) mass is 284 g/mol. The van der Waals surface area contributed by atoms with Gasteiger partial charge in [-0.3, -0.25) is 9.78 Å². The Morgan fingerprint density at radius 1 is 1.05 bits per heavy atom. The molecular formula is C14H12N4OS. The third kappa shape index (κ3) is 2.80. The van der Waals surface area contributed by atoms with Crippen LogP contribution in [0, 0.1) is 0 Å². The van der Waals surface area contributed by atoms with Gasteiger partial charge >= 0.3 is 0 Å². The lowest BCUT2D eigenvalue weighted by molar-refractivity contribution is 0.579. The van der Waals surface area contributed by atoms with Crippen LogP contribution in [0.2, 0.25) is 0 Å². The van der Waals surface area contributed by atoms with Crippen molar-refractivity contribution >= 4 is 11.3 Å². The fraction of sp³-hybridized carbons (Fsp3) is 0.143. The number of aromatic nitrogens is 4. The first kappa shape index (κ1) is 12.7. The molecule has 0 bridgehead atoms. The second-order valence-corrected chi connectivity index (χ2v) is 5.15. The molecule has 6 heteroatoms. The van der Waals surface area contributed by atoms with Crippen LogP contribution in [0.5, 0.6) is 0 Å². The summed E-state index contributed by atoms with van der Waals surface area (Å²) >= 11 is 1.58. The fourth-order valence-corrected chi connectivity index (χ4v) is 2.45. The molecule has 0 aromatic carbocycles. The normalized spacial score (nSPS) is 10.6. The van der Waals surface area contributed by atoms with E-state index in [0.717, 1.165) is 10.7 Å². The fourth-order valence-electron chi connectivity index (χ4n) is 1.84. The number of nitrogens with zero attached hydrogens (tertiary/aromatic N) is 4. The highest BCUT2D eigenvalue weighted by atomic mass is 32.1.